The van der Waals surface area contributed by atoms with Gasteiger partial charge in [0.2, 0.25) is 5.91 Å². The standard InChI is InChI=1S/C14H15BrN4O2S/c15-9-3-5-10(6-4-9)17-12(20)8-22-14-19-18-13(21-14)11-2-1-7-16-11/h3-6,11,16H,1-2,7-8H2,(H,17,20)/p+1/t11-/m0/s1. The van der Waals surface area contributed by atoms with Gasteiger partial charge >= 0.3 is 0 Å². The quantitative estimate of drug-likeness (QED) is 0.770. The van der Waals surface area contributed by atoms with Gasteiger partial charge in [-0.2, -0.15) is 0 Å². The fourth-order valence-electron chi connectivity index (χ4n) is 2.29. The van der Waals surface area contributed by atoms with Crippen LogP contribution in [0, 0.1) is 0 Å². The van der Waals surface area contributed by atoms with Crippen molar-refractivity contribution in [1.29, 1.82) is 0 Å². The maximum Gasteiger partial charge on any atom is 0.277 e. The Bertz CT molecular complexity index is 641. The molecule has 1 aliphatic heterocycles. The average molecular weight is 384 g/mol. The normalized spacial score (nSPS) is 17.6. The number of hydrogen-bond acceptors (Lipinski definition) is 5. The molecule has 1 aromatic carbocycles. The number of benzene rings is 1. The highest BCUT2D eigenvalue weighted by molar-refractivity contribution is 9.10. The van der Waals surface area contributed by atoms with E-state index in [9.17, 15) is 4.79 Å². The molecule has 1 aromatic heterocycles. The van der Waals surface area contributed by atoms with Gasteiger partial charge in [-0.05, 0) is 24.3 Å². The van der Waals surface area contributed by atoms with Gasteiger partial charge in [0, 0.05) is 23.0 Å². The van der Waals surface area contributed by atoms with Crippen molar-refractivity contribution in [2.45, 2.75) is 24.1 Å². The molecule has 8 heteroatoms. The molecule has 22 heavy (non-hydrogen) atoms. The molecule has 116 valence electrons. The lowest BCUT2D eigenvalue weighted by Crippen LogP contribution is -2.81. The Hall–Kier alpha value is -1.38. The Balaban J connectivity index is 1.49. The van der Waals surface area contributed by atoms with Gasteiger partial charge in [0.1, 0.15) is 0 Å². The molecule has 1 amide bonds. The largest absolute Gasteiger partial charge is 0.410 e. The average Bonchev–Trinajstić information content (AvgIpc) is 3.18. The van der Waals surface area contributed by atoms with E-state index in [0.717, 1.165) is 23.1 Å². The van der Waals surface area contributed by atoms with Crippen molar-refractivity contribution in [2.24, 2.45) is 0 Å². The van der Waals surface area contributed by atoms with E-state index in [1.54, 1.807) is 0 Å². The number of nitrogens with zero attached hydrogens (tertiary/aromatic N) is 2. The van der Waals surface area contributed by atoms with Crippen LogP contribution in [-0.2, 0) is 4.79 Å². The zero-order valence-electron chi connectivity index (χ0n) is 11.8. The molecular formula is C14H16BrN4O2S+. The molecule has 1 saturated heterocycles. The van der Waals surface area contributed by atoms with Crippen LogP contribution >= 0.6 is 27.7 Å². The van der Waals surface area contributed by atoms with Gasteiger partial charge in [0.15, 0.2) is 6.04 Å². The number of rotatable bonds is 5. The molecule has 3 N–H and O–H groups in total. The smallest absolute Gasteiger partial charge is 0.277 e. The fourth-order valence-corrected chi connectivity index (χ4v) is 3.12. The summed E-state index contributed by atoms with van der Waals surface area (Å²) >= 11 is 4.61. The number of hydrogen-bond donors (Lipinski definition) is 2. The summed E-state index contributed by atoms with van der Waals surface area (Å²) in [5.74, 6) is 0.805. The number of nitrogens with two attached hydrogens (primary N) is 1. The van der Waals surface area contributed by atoms with E-state index >= 15 is 0 Å². The van der Waals surface area contributed by atoms with Gasteiger partial charge in [0.25, 0.3) is 11.1 Å². The highest BCUT2D eigenvalue weighted by Crippen LogP contribution is 2.22. The molecule has 2 heterocycles. The highest BCUT2D eigenvalue weighted by Gasteiger charge is 2.26. The number of aromatic nitrogens is 2. The molecule has 0 unspecified atom stereocenters. The molecule has 3 rings (SSSR count). The summed E-state index contributed by atoms with van der Waals surface area (Å²) in [5.41, 5.74) is 0.764. The Labute approximate surface area is 140 Å². The van der Waals surface area contributed by atoms with Gasteiger partial charge in [-0.1, -0.05) is 27.7 Å². The van der Waals surface area contributed by atoms with Gasteiger partial charge in [-0.15, -0.1) is 10.2 Å². The Morgan fingerprint density at radius 2 is 2.23 bits per heavy atom. The van der Waals surface area contributed by atoms with Crippen LogP contribution in [-0.4, -0.2) is 28.4 Å². The van der Waals surface area contributed by atoms with E-state index in [2.05, 4.69) is 36.8 Å². The first kappa shape index (κ1) is 15.5. The second-order valence-electron chi connectivity index (χ2n) is 5.02. The van der Waals surface area contributed by atoms with E-state index in [4.69, 9.17) is 4.42 Å². The van der Waals surface area contributed by atoms with Crippen LogP contribution in [0.2, 0.25) is 0 Å². The van der Waals surface area contributed by atoms with Crippen molar-refractivity contribution in [3.63, 3.8) is 0 Å². The number of thioether (sulfide) groups is 1. The third-order valence-corrected chi connectivity index (χ3v) is 4.71. The molecule has 1 aliphatic rings. The van der Waals surface area contributed by atoms with E-state index in [1.807, 2.05) is 24.3 Å². The molecule has 0 radical (unpaired) electrons. The van der Waals surface area contributed by atoms with Crippen molar-refractivity contribution in [1.82, 2.24) is 10.2 Å². The van der Waals surface area contributed by atoms with Crippen molar-refractivity contribution in [3.05, 3.63) is 34.6 Å². The fraction of sp³-hybridized carbons (Fsp3) is 0.357. The highest BCUT2D eigenvalue weighted by atomic mass is 79.9. The van der Waals surface area contributed by atoms with Crippen LogP contribution in [0.15, 0.2) is 38.4 Å². The molecule has 1 atom stereocenters. The maximum atomic E-state index is 11.9. The molecule has 1 fully saturated rings. The van der Waals surface area contributed by atoms with Crippen molar-refractivity contribution in [3.8, 4) is 0 Å². The zero-order valence-corrected chi connectivity index (χ0v) is 14.2. The predicted octanol–water partition coefficient (Wildman–Crippen LogP) is 1.96. The number of carbonyl (C=O) groups excluding carboxylic acids is 1. The first-order valence-corrected chi connectivity index (χ1v) is 8.83. The zero-order chi connectivity index (χ0) is 15.4. The second kappa shape index (κ2) is 7.26. The summed E-state index contributed by atoms with van der Waals surface area (Å²) < 4.78 is 6.58. The third-order valence-electron chi connectivity index (χ3n) is 3.36. The summed E-state index contributed by atoms with van der Waals surface area (Å²) in [7, 11) is 0. The first-order valence-electron chi connectivity index (χ1n) is 7.05. The van der Waals surface area contributed by atoms with Crippen molar-refractivity contribution in [2.75, 3.05) is 17.6 Å². The van der Waals surface area contributed by atoms with E-state index in [-0.39, 0.29) is 17.7 Å². The summed E-state index contributed by atoms with van der Waals surface area (Å²) in [4.78, 5) is 11.9. The number of amides is 1. The van der Waals surface area contributed by atoms with Gasteiger partial charge in [-0.3, -0.25) is 4.79 Å². The summed E-state index contributed by atoms with van der Waals surface area (Å²) in [6.07, 6.45) is 2.24. The lowest BCUT2D eigenvalue weighted by atomic mass is 10.2. The maximum absolute atomic E-state index is 11.9. The summed E-state index contributed by atoms with van der Waals surface area (Å²) in [6, 6.07) is 7.72. The minimum Gasteiger partial charge on any atom is -0.410 e. The van der Waals surface area contributed by atoms with Gasteiger partial charge in [0.05, 0.1) is 12.3 Å². The van der Waals surface area contributed by atoms with Crippen LogP contribution in [0.25, 0.3) is 0 Å². The Morgan fingerprint density at radius 3 is 2.95 bits per heavy atom. The number of halogens is 1. The lowest BCUT2D eigenvalue weighted by molar-refractivity contribution is -0.678. The molecular weight excluding hydrogens is 368 g/mol. The minimum absolute atomic E-state index is 0.0977. The van der Waals surface area contributed by atoms with E-state index in [0.29, 0.717) is 11.1 Å². The topological polar surface area (TPSA) is 84.6 Å². The van der Waals surface area contributed by atoms with E-state index < -0.39 is 0 Å². The minimum atomic E-state index is -0.0977. The number of quaternary nitrogens is 1. The molecule has 0 saturated carbocycles. The number of carbonyl (C=O) groups is 1. The SMILES string of the molecule is O=C(CSc1nnc([C@@H]2CCC[NH2+]2)o1)Nc1ccc(Br)cc1. The molecule has 0 aliphatic carbocycles. The number of nitrogens with one attached hydrogen (secondary N) is 1. The Morgan fingerprint density at radius 1 is 1.41 bits per heavy atom. The van der Waals surface area contributed by atoms with Crippen LogP contribution in [0.3, 0.4) is 0 Å². The van der Waals surface area contributed by atoms with Gasteiger partial charge < -0.3 is 15.1 Å². The predicted molar refractivity (Wildman–Crippen MR) is 86.6 cm³/mol. The first-order chi connectivity index (χ1) is 10.7. The Kier molecular flexibility index (Phi) is 5.12. The van der Waals surface area contributed by atoms with Crippen LogP contribution in [0.1, 0.15) is 24.8 Å². The van der Waals surface area contributed by atoms with Crippen LogP contribution in [0.4, 0.5) is 5.69 Å². The molecule has 6 nitrogen and oxygen atoms in total. The summed E-state index contributed by atoms with van der Waals surface area (Å²) in [6.45, 7) is 1.10. The third kappa shape index (κ3) is 4.08. The van der Waals surface area contributed by atoms with E-state index in [1.165, 1.54) is 18.2 Å². The monoisotopic (exact) mass is 383 g/mol. The summed E-state index contributed by atoms with van der Waals surface area (Å²) in [5, 5.41) is 13.5. The van der Waals surface area contributed by atoms with Crippen LogP contribution in [0.5, 0.6) is 0 Å². The molecule has 0 spiro atoms. The van der Waals surface area contributed by atoms with Gasteiger partial charge in [-0.25, -0.2) is 0 Å². The lowest BCUT2D eigenvalue weighted by Gasteiger charge is -2.03. The molecule has 2 aromatic rings. The van der Waals surface area contributed by atoms with Crippen molar-refractivity contribution < 1.29 is 14.5 Å². The second-order valence-corrected chi connectivity index (χ2v) is 6.87. The molecule has 0 bridgehead atoms. The number of anilines is 1. The van der Waals surface area contributed by atoms with Crippen LogP contribution < -0.4 is 10.6 Å². The van der Waals surface area contributed by atoms with Crippen molar-refractivity contribution >= 4 is 39.3 Å².